The van der Waals surface area contributed by atoms with Gasteiger partial charge in [-0.1, -0.05) is 23.7 Å². The number of rotatable bonds is 4. The Balaban J connectivity index is 2.44. The molecule has 0 spiro atoms. The Kier molecular flexibility index (Phi) is 4.25. The van der Waals surface area contributed by atoms with Crippen molar-refractivity contribution in [1.29, 1.82) is 0 Å². The molecule has 0 aliphatic rings. The van der Waals surface area contributed by atoms with Crippen molar-refractivity contribution in [2.75, 3.05) is 25.3 Å². The molecule has 2 aromatic carbocycles. The van der Waals surface area contributed by atoms with Gasteiger partial charge >= 0.3 is 0 Å². The smallest absolute Gasteiger partial charge is 0.144 e. The number of ether oxygens (including phenoxy) is 2. The molecule has 0 aromatic heterocycles. The van der Waals surface area contributed by atoms with E-state index in [1.54, 1.807) is 26.4 Å². The van der Waals surface area contributed by atoms with Gasteiger partial charge in [0.05, 0.1) is 36.3 Å². The number of anilines is 3. The topological polar surface area (TPSA) is 56.5 Å². The van der Waals surface area contributed by atoms with Crippen LogP contribution < -0.4 is 20.5 Å². The summed E-state index contributed by atoms with van der Waals surface area (Å²) in [5, 5.41) is 3.74. The molecule has 0 radical (unpaired) electrons. The Morgan fingerprint density at radius 1 is 1.05 bits per heavy atom. The van der Waals surface area contributed by atoms with E-state index in [2.05, 4.69) is 5.32 Å². The zero-order valence-corrected chi connectivity index (χ0v) is 12.4. The fraction of sp³-hybridized carbons (Fsp3) is 0.200. The van der Waals surface area contributed by atoms with Gasteiger partial charge in [-0.3, -0.25) is 0 Å². The van der Waals surface area contributed by atoms with Crippen LogP contribution in [-0.4, -0.2) is 14.2 Å². The van der Waals surface area contributed by atoms with Gasteiger partial charge < -0.3 is 20.5 Å². The fourth-order valence-corrected chi connectivity index (χ4v) is 2.12. The fourth-order valence-electron chi connectivity index (χ4n) is 1.89. The van der Waals surface area contributed by atoms with Crippen LogP contribution in [0.2, 0.25) is 5.02 Å². The minimum Gasteiger partial charge on any atom is -0.495 e. The van der Waals surface area contributed by atoms with Crippen molar-refractivity contribution in [3.8, 4) is 11.5 Å². The molecule has 0 saturated heterocycles. The molecule has 106 valence electrons. The number of benzene rings is 2. The summed E-state index contributed by atoms with van der Waals surface area (Å²) < 4.78 is 10.5. The van der Waals surface area contributed by atoms with E-state index in [0.29, 0.717) is 22.2 Å². The number of halogens is 1. The van der Waals surface area contributed by atoms with Crippen molar-refractivity contribution in [2.24, 2.45) is 0 Å². The van der Waals surface area contributed by atoms with E-state index in [0.717, 1.165) is 16.9 Å². The van der Waals surface area contributed by atoms with Crippen LogP contribution in [0.1, 0.15) is 5.56 Å². The van der Waals surface area contributed by atoms with Crippen molar-refractivity contribution >= 4 is 28.7 Å². The van der Waals surface area contributed by atoms with Crippen molar-refractivity contribution in [3.63, 3.8) is 0 Å². The molecule has 2 rings (SSSR count). The van der Waals surface area contributed by atoms with E-state index < -0.39 is 0 Å². The normalized spacial score (nSPS) is 10.2. The van der Waals surface area contributed by atoms with Crippen LogP contribution in [-0.2, 0) is 0 Å². The molecule has 0 atom stereocenters. The summed E-state index contributed by atoms with van der Waals surface area (Å²) in [6.07, 6.45) is 0. The number of nitrogens with one attached hydrogen (secondary N) is 1. The quantitative estimate of drug-likeness (QED) is 0.837. The van der Waals surface area contributed by atoms with Crippen molar-refractivity contribution < 1.29 is 9.47 Å². The number of nitrogen functional groups attached to an aromatic ring is 1. The minimum atomic E-state index is 0.493. The molecule has 0 unspecified atom stereocenters. The number of methoxy groups -OCH3 is 2. The summed E-state index contributed by atoms with van der Waals surface area (Å²) in [7, 11) is 3.15. The van der Waals surface area contributed by atoms with Gasteiger partial charge in [0.25, 0.3) is 0 Å². The molecule has 0 amide bonds. The minimum absolute atomic E-state index is 0.493. The summed E-state index contributed by atoms with van der Waals surface area (Å²) in [6.45, 7) is 1.96. The third-order valence-electron chi connectivity index (χ3n) is 3.07. The van der Waals surface area contributed by atoms with Crippen LogP contribution in [0.4, 0.5) is 17.1 Å². The molecule has 0 heterocycles. The Labute approximate surface area is 123 Å². The summed E-state index contributed by atoms with van der Waals surface area (Å²) in [5.74, 6) is 1.19. The maximum absolute atomic E-state index is 6.08. The van der Waals surface area contributed by atoms with E-state index in [1.165, 1.54) is 0 Å². The van der Waals surface area contributed by atoms with Gasteiger partial charge in [0.1, 0.15) is 11.5 Å². The zero-order chi connectivity index (χ0) is 14.7. The molecule has 3 N–H and O–H groups in total. The lowest BCUT2D eigenvalue weighted by molar-refractivity contribution is 0.405. The van der Waals surface area contributed by atoms with Crippen LogP contribution in [0.3, 0.4) is 0 Å². The van der Waals surface area contributed by atoms with Crippen LogP contribution in [0.25, 0.3) is 0 Å². The van der Waals surface area contributed by atoms with Gasteiger partial charge in [-0.2, -0.15) is 0 Å². The molecule has 0 bridgehead atoms. The number of para-hydroxylation sites is 1. The van der Waals surface area contributed by atoms with Crippen LogP contribution in [0.5, 0.6) is 11.5 Å². The first-order chi connectivity index (χ1) is 9.56. The molecule has 0 aliphatic heterocycles. The SMILES string of the molecule is COc1cc(Nc2cccc(C)c2N)c(OC)cc1Cl. The second kappa shape index (κ2) is 5.92. The maximum atomic E-state index is 6.08. The monoisotopic (exact) mass is 292 g/mol. The molecule has 2 aromatic rings. The molecular weight excluding hydrogens is 276 g/mol. The highest BCUT2D eigenvalue weighted by Crippen LogP contribution is 2.38. The maximum Gasteiger partial charge on any atom is 0.144 e. The van der Waals surface area contributed by atoms with Crippen molar-refractivity contribution in [3.05, 3.63) is 40.9 Å². The number of hydrogen-bond acceptors (Lipinski definition) is 4. The van der Waals surface area contributed by atoms with E-state index in [-0.39, 0.29) is 0 Å². The van der Waals surface area contributed by atoms with Crippen LogP contribution in [0.15, 0.2) is 30.3 Å². The molecular formula is C15H17ClN2O2. The summed E-state index contributed by atoms with van der Waals surface area (Å²) in [4.78, 5) is 0. The lowest BCUT2D eigenvalue weighted by atomic mass is 10.1. The van der Waals surface area contributed by atoms with Gasteiger partial charge in [0.15, 0.2) is 0 Å². The van der Waals surface area contributed by atoms with Crippen LogP contribution in [0, 0.1) is 6.92 Å². The Hall–Kier alpha value is -2.07. The highest BCUT2D eigenvalue weighted by atomic mass is 35.5. The van der Waals surface area contributed by atoms with Crippen molar-refractivity contribution in [1.82, 2.24) is 0 Å². The van der Waals surface area contributed by atoms with E-state index in [4.69, 9.17) is 26.8 Å². The summed E-state index contributed by atoms with van der Waals surface area (Å²) in [6, 6.07) is 9.29. The van der Waals surface area contributed by atoms with E-state index in [9.17, 15) is 0 Å². The average Bonchev–Trinajstić information content (AvgIpc) is 2.45. The zero-order valence-electron chi connectivity index (χ0n) is 11.7. The van der Waals surface area contributed by atoms with Gasteiger partial charge in [-0.05, 0) is 18.6 Å². The summed E-state index contributed by atoms with van der Waals surface area (Å²) in [5.41, 5.74) is 9.32. The summed E-state index contributed by atoms with van der Waals surface area (Å²) >= 11 is 6.08. The lowest BCUT2D eigenvalue weighted by Crippen LogP contribution is -2.00. The Morgan fingerprint density at radius 3 is 2.40 bits per heavy atom. The second-order valence-corrected chi connectivity index (χ2v) is 4.76. The first-order valence-electron chi connectivity index (χ1n) is 6.10. The van der Waals surface area contributed by atoms with Gasteiger partial charge in [0, 0.05) is 12.1 Å². The van der Waals surface area contributed by atoms with E-state index >= 15 is 0 Å². The number of hydrogen-bond donors (Lipinski definition) is 2. The Bertz CT molecular complexity index is 630. The first kappa shape index (κ1) is 14.3. The standard InChI is InChI=1S/C15H17ClN2O2/c1-9-5-4-6-11(15(9)17)18-12-8-13(19-2)10(16)7-14(12)20-3/h4-8,18H,17H2,1-3H3. The predicted octanol–water partition coefficient (Wildman–Crippen LogP) is 3.99. The third-order valence-corrected chi connectivity index (χ3v) is 3.36. The van der Waals surface area contributed by atoms with E-state index in [1.807, 2.05) is 25.1 Å². The van der Waals surface area contributed by atoms with Crippen molar-refractivity contribution in [2.45, 2.75) is 6.92 Å². The largest absolute Gasteiger partial charge is 0.495 e. The Morgan fingerprint density at radius 2 is 1.75 bits per heavy atom. The average molecular weight is 293 g/mol. The predicted molar refractivity (Wildman–Crippen MR) is 83.4 cm³/mol. The molecule has 20 heavy (non-hydrogen) atoms. The van der Waals surface area contributed by atoms with Gasteiger partial charge in [-0.25, -0.2) is 0 Å². The first-order valence-corrected chi connectivity index (χ1v) is 6.48. The molecule has 5 heteroatoms. The van der Waals surface area contributed by atoms with Crippen LogP contribution >= 0.6 is 11.6 Å². The molecule has 0 aliphatic carbocycles. The number of aryl methyl sites for hydroxylation is 1. The van der Waals surface area contributed by atoms with Gasteiger partial charge in [0.2, 0.25) is 0 Å². The molecule has 0 fully saturated rings. The second-order valence-electron chi connectivity index (χ2n) is 4.35. The molecule has 0 saturated carbocycles. The lowest BCUT2D eigenvalue weighted by Gasteiger charge is -2.16. The van der Waals surface area contributed by atoms with Gasteiger partial charge in [-0.15, -0.1) is 0 Å². The number of nitrogens with two attached hydrogens (primary N) is 1. The highest BCUT2D eigenvalue weighted by Gasteiger charge is 2.11. The molecule has 4 nitrogen and oxygen atoms in total. The highest BCUT2D eigenvalue weighted by molar-refractivity contribution is 6.32. The third kappa shape index (κ3) is 2.75.